The predicted octanol–water partition coefficient (Wildman–Crippen LogP) is 2.83. The Balaban J connectivity index is 2.39. The van der Waals surface area contributed by atoms with Crippen molar-refractivity contribution in [3.05, 3.63) is 33.5 Å². The topological polar surface area (TPSA) is 37.8 Å². The van der Waals surface area contributed by atoms with Gasteiger partial charge in [-0.15, -0.1) is 10.2 Å². The maximum absolute atomic E-state index is 13.3. The van der Waals surface area contributed by atoms with Crippen LogP contribution in [0.25, 0.3) is 10.6 Å². The lowest BCUT2D eigenvalue weighted by Crippen LogP contribution is -2.04. The van der Waals surface area contributed by atoms with Crippen LogP contribution in [0.15, 0.2) is 22.7 Å². The van der Waals surface area contributed by atoms with Crippen molar-refractivity contribution in [2.45, 2.75) is 6.54 Å². The predicted molar refractivity (Wildman–Crippen MR) is 65.8 cm³/mol. The van der Waals surface area contributed by atoms with E-state index in [9.17, 15) is 4.39 Å². The summed E-state index contributed by atoms with van der Waals surface area (Å²) in [4.78, 5) is 0. The molecule has 0 saturated carbocycles. The van der Waals surface area contributed by atoms with E-state index >= 15 is 0 Å². The molecule has 0 fully saturated rings. The first-order chi connectivity index (χ1) is 7.72. The number of nitrogens with zero attached hydrogens (tertiary/aromatic N) is 2. The van der Waals surface area contributed by atoms with Gasteiger partial charge in [0.15, 0.2) is 0 Å². The first kappa shape index (κ1) is 11.6. The Kier molecular flexibility index (Phi) is 3.63. The van der Waals surface area contributed by atoms with Crippen LogP contribution in [0.4, 0.5) is 4.39 Å². The van der Waals surface area contributed by atoms with Crippen molar-refractivity contribution < 1.29 is 4.39 Å². The summed E-state index contributed by atoms with van der Waals surface area (Å²) in [6.07, 6.45) is 0. The molecule has 1 aromatic heterocycles. The maximum atomic E-state index is 13.3. The van der Waals surface area contributed by atoms with Gasteiger partial charge in [0.1, 0.15) is 15.8 Å². The molecule has 0 spiro atoms. The number of rotatable bonds is 3. The molecule has 84 valence electrons. The van der Waals surface area contributed by atoms with Gasteiger partial charge in [0, 0.05) is 12.1 Å². The van der Waals surface area contributed by atoms with Crippen LogP contribution in [0.5, 0.6) is 0 Å². The highest BCUT2D eigenvalue weighted by molar-refractivity contribution is 9.10. The van der Waals surface area contributed by atoms with Crippen LogP contribution < -0.4 is 5.32 Å². The number of hydrogen-bond donors (Lipinski definition) is 1. The van der Waals surface area contributed by atoms with Crippen LogP contribution in [-0.2, 0) is 6.54 Å². The molecule has 1 heterocycles. The Morgan fingerprint density at radius 1 is 1.44 bits per heavy atom. The quantitative estimate of drug-likeness (QED) is 0.947. The molecular formula is C10H9BrFN3S. The largest absolute Gasteiger partial charge is 0.313 e. The van der Waals surface area contributed by atoms with Crippen LogP contribution in [0, 0.1) is 5.82 Å². The Morgan fingerprint density at radius 2 is 2.25 bits per heavy atom. The first-order valence-electron chi connectivity index (χ1n) is 4.63. The highest BCUT2D eigenvalue weighted by Gasteiger charge is 2.11. The third-order valence-electron chi connectivity index (χ3n) is 1.98. The van der Waals surface area contributed by atoms with E-state index in [1.54, 1.807) is 6.07 Å². The second kappa shape index (κ2) is 4.99. The highest BCUT2D eigenvalue weighted by Crippen LogP contribution is 2.31. The summed E-state index contributed by atoms with van der Waals surface area (Å²) < 4.78 is 13.7. The zero-order valence-corrected chi connectivity index (χ0v) is 10.9. The van der Waals surface area contributed by atoms with Crippen molar-refractivity contribution in [1.29, 1.82) is 0 Å². The fraction of sp³-hybridized carbons (Fsp3) is 0.200. The maximum Gasteiger partial charge on any atom is 0.149 e. The van der Waals surface area contributed by atoms with Gasteiger partial charge >= 0.3 is 0 Å². The summed E-state index contributed by atoms with van der Waals surface area (Å²) in [6, 6.07) is 4.88. The van der Waals surface area contributed by atoms with Crippen LogP contribution in [0.3, 0.4) is 0 Å². The summed E-state index contributed by atoms with van der Waals surface area (Å²) in [6.45, 7) is 0.671. The van der Waals surface area contributed by atoms with E-state index in [0.717, 1.165) is 15.6 Å². The minimum atomic E-state index is -0.289. The molecular weight excluding hydrogens is 293 g/mol. The van der Waals surface area contributed by atoms with Crippen molar-refractivity contribution >= 4 is 27.3 Å². The van der Waals surface area contributed by atoms with Crippen molar-refractivity contribution in [3.63, 3.8) is 0 Å². The lowest BCUT2D eigenvalue weighted by Gasteiger charge is -1.99. The lowest BCUT2D eigenvalue weighted by molar-refractivity contribution is 0.621. The number of benzene rings is 1. The Hall–Kier alpha value is -0.850. The SMILES string of the molecule is CNCc1nnc(-c2cccc(F)c2Br)s1. The van der Waals surface area contributed by atoms with Gasteiger partial charge in [0.25, 0.3) is 0 Å². The summed E-state index contributed by atoms with van der Waals surface area (Å²) in [5.74, 6) is -0.289. The van der Waals surface area contributed by atoms with Crippen molar-refractivity contribution in [1.82, 2.24) is 15.5 Å². The fourth-order valence-corrected chi connectivity index (χ4v) is 2.72. The normalized spacial score (nSPS) is 10.7. The molecule has 0 atom stereocenters. The molecule has 1 aromatic carbocycles. The molecule has 2 rings (SSSR count). The van der Waals surface area contributed by atoms with Crippen LogP contribution in [-0.4, -0.2) is 17.2 Å². The molecule has 0 aliphatic carbocycles. The summed E-state index contributed by atoms with van der Waals surface area (Å²) in [5, 5.41) is 12.7. The third-order valence-corrected chi connectivity index (χ3v) is 3.74. The van der Waals surface area contributed by atoms with Gasteiger partial charge in [-0.3, -0.25) is 0 Å². The molecule has 0 radical (unpaired) electrons. The average molecular weight is 302 g/mol. The van der Waals surface area contributed by atoms with Crippen LogP contribution in [0.2, 0.25) is 0 Å². The monoisotopic (exact) mass is 301 g/mol. The standard InChI is InChI=1S/C10H9BrFN3S/c1-13-5-8-14-15-10(16-8)6-3-2-4-7(12)9(6)11/h2-4,13H,5H2,1H3. The number of nitrogens with one attached hydrogen (secondary N) is 1. The number of hydrogen-bond acceptors (Lipinski definition) is 4. The van der Waals surface area contributed by atoms with Crippen molar-refractivity contribution in [3.8, 4) is 10.6 Å². The zero-order valence-electron chi connectivity index (χ0n) is 8.50. The van der Waals surface area contributed by atoms with E-state index in [1.165, 1.54) is 17.4 Å². The van der Waals surface area contributed by atoms with E-state index in [0.29, 0.717) is 11.0 Å². The number of aromatic nitrogens is 2. The van der Waals surface area contributed by atoms with E-state index in [4.69, 9.17) is 0 Å². The Morgan fingerprint density at radius 3 is 3.00 bits per heavy atom. The van der Waals surface area contributed by atoms with Crippen LogP contribution >= 0.6 is 27.3 Å². The second-order valence-electron chi connectivity index (χ2n) is 3.13. The average Bonchev–Trinajstić information content (AvgIpc) is 2.71. The van der Waals surface area contributed by atoms with Crippen molar-refractivity contribution in [2.75, 3.05) is 7.05 Å². The molecule has 0 amide bonds. The van der Waals surface area contributed by atoms with Gasteiger partial charge in [-0.2, -0.15) is 0 Å². The highest BCUT2D eigenvalue weighted by atomic mass is 79.9. The fourth-order valence-electron chi connectivity index (χ4n) is 1.25. The molecule has 1 N–H and O–H groups in total. The van der Waals surface area contributed by atoms with Crippen molar-refractivity contribution in [2.24, 2.45) is 0 Å². The third kappa shape index (κ3) is 2.28. The zero-order chi connectivity index (χ0) is 11.5. The van der Waals surface area contributed by atoms with Crippen LogP contribution in [0.1, 0.15) is 5.01 Å². The van der Waals surface area contributed by atoms with Gasteiger partial charge in [0.05, 0.1) is 4.47 Å². The van der Waals surface area contributed by atoms with E-state index in [2.05, 4.69) is 31.4 Å². The smallest absolute Gasteiger partial charge is 0.149 e. The number of halogens is 2. The van der Waals surface area contributed by atoms with Gasteiger partial charge in [0.2, 0.25) is 0 Å². The van der Waals surface area contributed by atoms with Gasteiger partial charge < -0.3 is 5.32 Å². The van der Waals surface area contributed by atoms with Gasteiger partial charge in [-0.05, 0) is 29.0 Å². The lowest BCUT2D eigenvalue weighted by atomic mass is 10.2. The van der Waals surface area contributed by atoms with E-state index in [-0.39, 0.29) is 5.82 Å². The van der Waals surface area contributed by atoms with E-state index in [1.807, 2.05) is 13.1 Å². The molecule has 0 bridgehead atoms. The molecule has 16 heavy (non-hydrogen) atoms. The minimum absolute atomic E-state index is 0.289. The molecule has 0 unspecified atom stereocenters. The summed E-state index contributed by atoms with van der Waals surface area (Å²) in [5.41, 5.74) is 0.736. The molecule has 2 aromatic rings. The van der Waals surface area contributed by atoms with Gasteiger partial charge in [-0.1, -0.05) is 23.5 Å². The summed E-state index contributed by atoms with van der Waals surface area (Å²) >= 11 is 4.67. The molecule has 0 saturated heterocycles. The molecule has 0 aliphatic heterocycles. The molecule has 3 nitrogen and oxygen atoms in total. The summed E-state index contributed by atoms with van der Waals surface area (Å²) in [7, 11) is 1.85. The molecule has 6 heteroatoms. The van der Waals surface area contributed by atoms with E-state index < -0.39 is 0 Å². The molecule has 0 aliphatic rings. The second-order valence-corrected chi connectivity index (χ2v) is 4.99. The Labute approximate surface area is 105 Å². The first-order valence-corrected chi connectivity index (χ1v) is 6.24. The minimum Gasteiger partial charge on any atom is -0.313 e. The van der Waals surface area contributed by atoms with Gasteiger partial charge in [-0.25, -0.2) is 4.39 Å². The Bertz CT molecular complexity index is 501.